The highest BCUT2D eigenvalue weighted by Crippen LogP contribution is 2.36. The zero-order valence-corrected chi connectivity index (χ0v) is 10.3. The summed E-state index contributed by atoms with van der Waals surface area (Å²) in [7, 11) is 0. The highest BCUT2D eigenvalue weighted by atomic mass is 16.7. The maximum atomic E-state index is 12.5. The molecule has 1 N–H and O–H groups in total. The maximum absolute atomic E-state index is 12.5. The molecule has 0 aromatic heterocycles. The number of carbonyl (C=O) groups excluding carboxylic acids is 1. The third kappa shape index (κ3) is 1.80. The first-order valence-corrected chi connectivity index (χ1v) is 6.17. The van der Waals surface area contributed by atoms with Crippen molar-refractivity contribution in [3.8, 4) is 11.5 Å². The van der Waals surface area contributed by atoms with Crippen LogP contribution >= 0.6 is 0 Å². The zero-order chi connectivity index (χ0) is 12.5. The van der Waals surface area contributed by atoms with Crippen molar-refractivity contribution in [3.63, 3.8) is 0 Å². The summed E-state index contributed by atoms with van der Waals surface area (Å²) >= 11 is 0. The van der Waals surface area contributed by atoms with Gasteiger partial charge in [-0.3, -0.25) is 4.79 Å². The summed E-state index contributed by atoms with van der Waals surface area (Å²) in [5.41, 5.74) is 0.596. The third-order valence-electron chi connectivity index (χ3n) is 3.39. The highest BCUT2D eigenvalue weighted by molar-refractivity contribution is 5.98. The molecule has 0 radical (unpaired) electrons. The SMILES string of the molecule is C[C@@H]1CNCCN1C(=O)c1cccc2c1OCO2. The molecule has 2 aliphatic rings. The molecule has 0 spiro atoms. The quantitative estimate of drug-likeness (QED) is 0.800. The Morgan fingerprint density at radius 3 is 3.17 bits per heavy atom. The second-order valence-corrected chi connectivity index (χ2v) is 4.59. The van der Waals surface area contributed by atoms with Crippen molar-refractivity contribution in [1.82, 2.24) is 10.2 Å². The number of para-hydroxylation sites is 1. The molecule has 1 aromatic carbocycles. The van der Waals surface area contributed by atoms with E-state index in [1.54, 1.807) is 6.07 Å². The van der Waals surface area contributed by atoms with E-state index in [1.807, 2.05) is 24.0 Å². The number of ether oxygens (including phenoxy) is 2. The molecule has 1 aromatic rings. The number of benzene rings is 1. The maximum Gasteiger partial charge on any atom is 0.258 e. The predicted octanol–water partition coefficient (Wildman–Crippen LogP) is 0.849. The fourth-order valence-electron chi connectivity index (χ4n) is 2.40. The second kappa shape index (κ2) is 4.49. The minimum Gasteiger partial charge on any atom is -0.454 e. The topological polar surface area (TPSA) is 50.8 Å². The fraction of sp³-hybridized carbons (Fsp3) is 0.462. The highest BCUT2D eigenvalue weighted by Gasteiger charge is 2.29. The molecule has 5 nitrogen and oxygen atoms in total. The Balaban J connectivity index is 1.90. The second-order valence-electron chi connectivity index (χ2n) is 4.59. The number of rotatable bonds is 1. The van der Waals surface area contributed by atoms with E-state index in [1.165, 1.54) is 0 Å². The molecule has 5 heteroatoms. The van der Waals surface area contributed by atoms with Crippen LogP contribution < -0.4 is 14.8 Å². The number of fused-ring (bicyclic) bond motifs is 1. The van der Waals surface area contributed by atoms with Crippen molar-refractivity contribution >= 4 is 5.91 Å². The summed E-state index contributed by atoms with van der Waals surface area (Å²) in [6.07, 6.45) is 0. The van der Waals surface area contributed by atoms with Crippen LogP contribution in [-0.4, -0.2) is 43.3 Å². The minimum absolute atomic E-state index is 0.0198. The number of piperazine rings is 1. The first-order valence-electron chi connectivity index (χ1n) is 6.17. The van der Waals surface area contributed by atoms with E-state index in [-0.39, 0.29) is 18.7 Å². The van der Waals surface area contributed by atoms with Gasteiger partial charge in [0.15, 0.2) is 11.5 Å². The van der Waals surface area contributed by atoms with E-state index in [0.29, 0.717) is 17.1 Å². The van der Waals surface area contributed by atoms with Crippen LogP contribution in [0.2, 0.25) is 0 Å². The Morgan fingerprint density at radius 2 is 2.33 bits per heavy atom. The lowest BCUT2D eigenvalue weighted by atomic mass is 10.1. The van der Waals surface area contributed by atoms with Gasteiger partial charge in [-0.25, -0.2) is 0 Å². The molecule has 0 aliphatic carbocycles. The molecule has 1 amide bonds. The van der Waals surface area contributed by atoms with Crippen molar-refractivity contribution in [3.05, 3.63) is 23.8 Å². The van der Waals surface area contributed by atoms with Gasteiger partial charge in [-0.15, -0.1) is 0 Å². The van der Waals surface area contributed by atoms with Gasteiger partial charge in [-0.05, 0) is 19.1 Å². The Morgan fingerprint density at radius 1 is 1.44 bits per heavy atom. The summed E-state index contributed by atoms with van der Waals surface area (Å²) in [6, 6.07) is 5.64. The number of nitrogens with one attached hydrogen (secondary N) is 1. The first-order chi connectivity index (χ1) is 8.77. The minimum atomic E-state index is 0.0198. The molecule has 96 valence electrons. The molecule has 0 bridgehead atoms. The summed E-state index contributed by atoms with van der Waals surface area (Å²) in [4.78, 5) is 14.4. The van der Waals surface area contributed by atoms with E-state index >= 15 is 0 Å². The average Bonchev–Trinajstić information content (AvgIpc) is 2.86. The third-order valence-corrected chi connectivity index (χ3v) is 3.39. The Labute approximate surface area is 106 Å². The standard InChI is InChI=1S/C13H16N2O3/c1-9-7-14-5-6-15(9)13(16)10-3-2-4-11-12(10)18-8-17-11/h2-4,9,14H,5-8H2,1H3/t9-/m1/s1. The van der Waals surface area contributed by atoms with Gasteiger partial charge in [0.05, 0.1) is 5.56 Å². The average molecular weight is 248 g/mol. The Hall–Kier alpha value is -1.75. The van der Waals surface area contributed by atoms with Gasteiger partial charge >= 0.3 is 0 Å². The molecule has 0 saturated carbocycles. The van der Waals surface area contributed by atoms with Crippen LogP contribution in [0.4, 0.5) is 0 Å². The zero-order valence-electron chi connectivity index (χ0n) is 10.3. The predicted molar refractivity (Wildman–Crippen MR) is 65.9 cm³/mol. The van der Waals surface area contributed by atoms with Crippen molar-refractivity contribution in [2.75, 3.05) is 26.4 Å². The van der Waals surface area contributed by atoms with Crippen LogP contribution in [-0.2, 0) is 0 Å². The monoisotopic (exact) mass is 248 g/mol. The number of amides is 1. The molecule has 2 heterocycles. The molecule has 1 fully saturated rings. The molecule has 0 unspecified atom stereocenters. The van der Waals surface area contributed by atoms with Crippen LogP contribution in [0.3, 0.4) is 0 Å². The van der Waals surface area contributed by atoms with E-state index in [0.717, 1.165) is 19.6 Å². The van der Waals surface area contributed by atoms with E-state index in [2.05, 4.69) is 5.32 Å². The molecule has 2 aliphatic heterocycles. The Kier molecular flexibility index (Phi) is 2.83. The molecule has 18 heavy (non-hydrogen) atoms. The lowest BCUT2D eigenvalue weighted by molar-refractivity contribution is 0.0651. The van der Waals surface area contributed by atoms with E-state index in [9.17, 15) is 4.79 Å². The van der Waals surface area contributed by atoms with E-state index in [4.69, 9.17) is 9.47 Å². The smallest absolute Gasteiger partial charge is 0.258 e. The van der Waals surface area contributed by atoms with Crippen LogP contribution in [0.15, 0.2) is 18.2 Å². The number of nitrogens with zero attached hydrogens (tertiary/aromatic N) is 1. The number of carbonyl (C=O) groups is 1. The number of hydrogen-bond acceptors (Lipinski definition) is 4. The van der Waals surface area contributed by atoms with Gasteiger partial charge in [0.2, 0.25) is 6.79 Å². The fourth-order valence-corrected chi connectivity index (χ4v) is 2.40. The van der Waals surface area contributed by atoms with Crippen molar-refractivity contribution < 1.29 is 14.3 Å². The van der Waals surface area contributed by atoms with Crippen LogP contribution in [0, 0.1) is 0 Å². The van der Waals surface area contributed by atoms with Crippen LogP contribution in [0.25, 0.3) is 0 Å². The summed E-state index contributed by atoms with van der Waals surface area (Å²) in [5, 5.41) is 3.27. The largest absolute Gasteiger partial charge is 0.454 e. The van der Waals surface area contributed by atoms with Gasteiger partial charge in [0, 0.05) is 25.7 Å². The molecule has 1 atom stereocenters. The van der Waals surface area contributed by atoms with Crippen molar-refractivity contribution in [1.29, 1.82) is 0 Å². The van der Waals surface area contributed by atoms with Gasteiger partial charge in [0.1, 0.15) is 0 Å². The van der Waals surface area contributed by atoms with Gasteiger partial charge in [-0.1, -0.05) is 6.07 Å². The summed E-state index contributed by atoms with van der Waals surface area (Å²) < 4.78 is 10.7. The lowest BCUT2D eigenvalue weighted by Crippen LogP contribution is -2.52. The van der Waals surface area contributed by atoms with Gasteiger partial charge in [-0.2, -0.15) is 0 Å². The van der Waals surface area contributed by atoms with Crippen molar-refractivity contribution in [2.45, 2.75) is 13.0 Å². The Bertz CT molecular complexity index is 475. The van der Waals surface area contributed by atoms with Crippen molar-refractivity contribution in [2.24, 2.45) is 0 Å². The summed E-state index contributed by atoms with van der Waals surface area (Å²) in [5.74, 6) is 1.25. The molecule has 3 rings (SSSR count). The lowest BCUT2D eigenvalue weighted by Gasteiger charge is -2.34. The first kappa shape index (κ1) is 11.3. The molecular formula is C13H16N2O3. The van der Waals surface area contributed by atoms with Crippen LogP contribution in [0.1, 0.15) is 17.3 Å². The van der Waals surface area contributed by atoms with Gasteiger partial charge < -0.3 is 19.7 Å². The molecule has 1 saturated heterocycles. The van der Waals surface area contributed by atoms with Crippen LogP contribution in [0.5, 0.6) is 11.5 Å². The summed E-state index contributed by atoms with van der Waals surface area (Å²) in [6.45, 7) is 4.63. The number of hydrogen-bond donors (Lipinski definition) is 1. The van der Waals surface area contributed by atoms with Gasteiger partial charge in [0.25, 0.3) is 5.91 Å². The normalized spacial score (nSPS) is 22.1. The van der Waals surface area contributed by atoms with E-state index < -0.39 is 0 Å². The molecular weight excluding hydrogens is 232 g/mol.